The number of anilines is 1. The van der Waals surface area contributed by atoms with Gasteiger partial charge in [0.2, 0.25) is 0 Å². The minimum absolute atomic E-state index is 0.000309. The van der Waals surface area contributed by atoms with E-state index in [4.69, 9.17) is 39.9 Å². The van der Waals surface area contributed by atoms with Crippen molar-refractivity contribution in [2.75, 3.05) is 5.01 Å². The number of hydrazone groups is 1. The van der Waals surface area contributed by atoms with Gasteiger partial charge in [0.25, 0.3) is 0 Å². The second kappa shape index (κ2) is 7.00. The van der Waals surface area contributed by atoms with Gasteiger partial charge in [0.05, 0.1) is 22.3 Å². The normalized spacial score (nSPS) is 17.0. The predicted octanol–water partition coefficient (Wildman–Crippen LogP) is 7.06. The van der Waals surface area contributed by atoms with E-state index in [1.54, 1.807) is 17.4 Å². The number of benzene rings is 2. The molecule has 0 radical (unpaired) electrons. The number of rotatable bonds is 3. The van der Waals surface area contributed by atoms with Crippen LogP contribution in [-0.2, 0) is 0 Å². The Balaban J connectivity index is 1.79. The Bertz CT molecular complexity index is 938. The van der Waals surface area contributed by atoms with Gasteiger partial charge in [-0.15, -0.1) is 11.3 Å². The molecule has 4 rings (SSSR count). The second-order valence-electron chi connectivity index (χ2n) is 5.73. The summed E-state index contributed by atoms with van der Waals surface area (Å²) in [4.78, 5) is 1.17. The van der Waals surface area contributed by atoms with Crippen LogP contribution in [0.5, 0.6) is 0 Å². The zero-order valence-electron chi connectivity index (χ0n) is 13.0. The molecule has 1 atom stereocenters. The van der Waals surface area contributed by atoms with Crippen LogP contribution in [0.15, 0.2) is 65.1 Å². The van der Waals surface area contributed by atoms with Crippen LogP contribution < -0.4 is 5.01 Å². The molecule has 3 aromatic rings. The SMILES string of the molecule is Clc1cccc(N2N=C(c3cccs3)C[C@@H]2c2ccc(Cl)cc2Cl)c1. The summed E-state index contributed by atoms with van der Waals surface area (Å²) < 4.78 is 0. The Kier molecular flexibility index (Phi) is 4.74. The molecule has 0 fully saturated rings. The molecule has 0 aliphatic carbocycles. The van der Waals surface area contributed by atoms with Gasteiger partial charge in [-0.3, -0.25) is 5.01 Å². The minimum atomic E-state index is 0.000309. The molecule has 126 valence electrons. The lowest BCUT2D eigenvalue weighted by Crippen LogP contribution is -2.18. The molecule has 0 unspecified atom stereocenters. The first kappa shape index (κ1) is 16.9. The molecule has 1 aliphatic heterocycles. The summed E-state index contributed by atoms with van der Waals surface area (Å²) >= 11 is 20.4. The fraction of sp³-hybridized carbons (Fsp3) is 0.105. The topological polar surface area (TPSA) is 15.6 Å². The van der Waals surface area contributed by atoms with Crippen molar-refractivity contribution in [3.8, 4) is 0 Å². The van der Waals surface area contributed by atoms with Gasteiger partial charge in [0.1, 0.15) is 0 Å². The van der Waals surface area contributed by atoms with E-state index in [-0.39, 0.29) is 6.04 Å². The van der Waals surface area contributed by atoms with Crippen molar-refractivity contribution < 1.29 is 0 Å². The maximum Gasteiger partial charge on any atom is 0.0846 e. The molecular weight excluding hydrogens is 395 g/mol. The first-order chi connectivity index (χ1) is 12.1. The Labute approximate surface area is 165 Å². The molecule has 1 aromatic heterocycles. The first-order valence-electron chi connectivity index (χ1n) is 7.73. The van der Waals surface area contributed by atoms with Crippen LogP contribution in [0.4, 0.5) is 5.69 Å². The van der Waals surface area contributed by atoms with Crippen molar-refractivity contribution in [1.29, 1.82) is 0 Å². The third-order valence-electron chi connectivity index (χ3n) is 4.11. The molecule has 2 heterocycles. The lowest BCUT2D eigenvalue weighted by Gasteiger charge is -2.25. The molecule has 2 aromatic carbocycles. The average Bonchev–Trinajstić information content (AvgIpc) is 3.24. The minimum Gasteiger partial charge on any atom is -0.257 e. The number of nitrogens with zero attached hydrogens (tertiary/aromatic N) is 2. The number of hydrogen-bond acceptors (Lipinski definition) is 3. The van der Waals surface area contributed by atoms with E-state index in [1.165, 1.54) is 4.88 Å². The van der Waals surface area contributed by atoms with Crippen LogP contribution >= 0.6 is 46.1 Å². The van der Waals surface area contributed by atoms with Gasteiger partial charge in [-0.1, -0.05) is 53.0 Å². The highest BCUT2D eigenvalue weighted by molar-refractivity contribution is 7.12. The number of halogens is 3. The summed E-state index contributed by atoms with van der Waals surface area (Å²) in [6.07, 6.45) is 0.772. The molecule has 0 spiro atoms. The van der Waals surface area contributed by atoms with E-state index >= 15 is 0 Å². The monoisotopic (exact) mass is 406 g/mol. The van der Waals surface area contributed by atoms with Crippen LogP contribution in [0.25, 0.3) is 0 Å². The van der Waals surface area contributed by atoms with Crippen LogP contribution in [0.1, 0.15) is 22.9 Å². The largest absolute Gasteiger partial charge is 0.257 e. The fourth-order valence-electron chi connectivity index (χ4n) is 2.97. The summed E-state index contributed by atoms with van der Waals surface area (Å²) in [5.41, 5.74) is 2.99. The van der Waals surface area contributed by atoms with E-state index in [0.717, 1.165) is 23.4 Å². The Morgan fingerprint density at radius 3 is 2.52 bits per heavy atom. The third kappa shape index (κ3) is 3.42. The molecule has 0 N–H and O–H groups in total. The lowest BCUT2D eigenvalue weighted by molar-refractivity contribution is 0.709. The van der Waals surface area contributed by atoms with Crippen molar-refractivity contribution >= 4 is 57.5 Å². The fourth-order valence-corrected chi connectivity index (χ4v) is 4.41. The van der Waals surface area contributed by atoms with Crippen molar-refractivity contribution in [2.24, 2.45) is 5.10 Å². The van der Waals surface area contributed by atoms with E-state index in [2.05, 4.69) is 11.4 Å². The standard InChI is InChI=1S/C19H13Cl3N2S/c20-12-3-1-4-14(9-12)24-18(15-7-6-13(21)10-16(15)22)11-17(23-24)19-5-2-8-25-19/h1-10,18H,11H2/t18-/m1/s1. The zero-order valence-corrected chi connectivity index (χ0v) is 16.1. The van der Waals surface area contributed by atoms with Gasteiger partial charge in [0, 0.05) is 21.5 Å². The number of thiophene rings is 1. The van der Waals surface area contributed by atoms with Crippen molar-refractivity contribution in [1.82, 2.24) is 0 Å². The number of hydrogen-bond donors (Lipinski definition) is 0. The average molecular weight is 408 g/mol. The van der Waals surface area contributed by atoms with Crippen LogP contribution in [-0.4, -0.2) is 5.71 Å². The van der Waals surface area contributed by atoms with Gasteiger partial charge in [-0.25, -0.2) is 0 Å². The van der Waals surface area contributed by atoms with E-state index < -0.39 is 0 Å². The van der Waals surface area contributed by atoms with Gasteiger partial charge in [0.15, 0.2) is 0 Å². The summed E-state index contributed by atoms with van der Waals surface area (Å²) in [6.45, 7) is 0. The Morgan fingerprint density at radius 2 is 1.80 bits per heavy atom. The zero-order chi connectivity index (χ0) is 17.4. The lowest BCUT2D eigenvalue weighted by atomic mass is 10.0. The van der Waals surface area contributed by atoms with E-state index in [9.17, 15) is 0 Å². The molecular formula is C19H13Cl3N2S. The highest BCUT2D eigenvalue weighted by atomic mass is 35.5. The molecule has 6 heteroatoms. The third-order valence-corrected chi connectivity index (χ3v) is 5.83. The highest BCUT2D eigenvalue weighted by Crippen LogP contribution is 2.40. The quantitative estimate of drug-likeness (QED) is 0.453. The summed E-state index contributed by atoms with van der Waals surface area (Å²) in [7, 11) is 0. The molecule has 2 nitrogen and oxygen atoms in total. The Hall–Kier alpha value is -1.52. The summed E-state index contributed by atoms with van der Waals surface area (Å²) in [5, 5.41) is 10.9. The maximum absolute atomic E-state index is 6.48. The van der Waals surface area contributed by atoms with Crippen LogP contribution in [0.2, 0.25) is 15.1 Å². The molecule has 0 saturated carbocycles. The summed E-state index contributed by atoms with van der Waals surface area (Å²) in [6, 6.07) is 17.4. The molecule has 0 amide bonds. The van der Waals surface area contributed by atoms with Crippen LogP contribution in [0.3, 0.4) is 0 Å². The smallest absolute Gasteiger partial charge is 0.0846 e. The van der Waals surface area contributed by atoms with Crippen molar-refractivity contribution in [2.45, 2.75) is 12.5 Å². The van der Waals surface area contributed by atoms with Crippen LogP contribution in [0, 0.1) is 0 Å². The molecule has 0 bridgehead atoms. The maximum atomic E-state index is 6.48. The summed E-state index contributed by atoms with van der Waals surface area (Å²) in [5.74, 6) is 0. The second-order valence-corrected chi connectivity index (χ2v) is 7.96. The van der Waals surface area contributed by atoms with E-state index in [0.29, 0.717) is 15.1 Å². The Morgan fingerprint density at radius 1 is 0.960 bits per heavy atom. The highest BCUT2D eigenvalue weighted by Gasteiger charge is 2.31. The van der Waals surface area contributed by atoms with E-state index in [1.807, 2.05) is 47.5 Å². The van der Waals surface area contributed by atoms with Gasteiger partial charge in [-0.05, 0) is 47.3 Å². The van der Waals surface area contributed by atoms with Gasteiger partial charge in [-0.2, -0.15) is 5.10 Å². The molecule has 25 heavy (non-hydrogen) atoms. The molecule has 1 aliphatic rings. The van der Waals surface area contributed by atoms with Crippen molar-refractivity contribution in [3.63, 3.8) is 0 Å². The van der Waals surface area contributed by atoms with Crippen molar-refractivity contribution in [3.05, 3.63) is 85.5 Å². The predicted molar refractivity (Wildman–Crippen MR) is 109 cm³/mol. The first-order valence-corrected chi connectivity index (χ1v) is 9.74. The van der Waals surface area contributed by atoms with Gasteiger partial charge >= 0.3 is 0 Å². The molecule has 0 saturated heterocycles. The van der Waals surface area contributed by atoms with Gasteiger partial charge < -0.3 is 0 Å².